The summed E-state index contributed by atoms with van der Waals surface area (Å²) in [6.45, 7) is 1.77. The van der Waals surface area contributed by atoms with Crippen molar-refractivity contribution in [2.45, 2.75) is 13.2 Å². The van der Waals surface area contributed by atoms with E-state index in [1.165, 1.54) is 0 Å². The molecule has 3 aromatic rings. The Morgan fingerprint density at radius 1 is 0.968 bits per heavy atom. The topological polar surface area (TPSA) is 91.0 Å². The zero-order valence-electron chi connectivity index (χ0n) is 17.4. The van der Waals surface area contributed by atoms with Gasteiger partial charge < -0.3 is 25.3 Å². The van der Waals surface area contributed by atoms with E-state index in [0.29, 0.717) is 38.2 Å². The molecule has 0 radical (unpaired) electrons. The summed E-state index contributed by atoms with van der Waals surface area (Å²) in [5.74, 6) is 1.69. The Kier molecular flexibility index (Phi) is 10.6. The number of aromatic nitrogens is 1. The molecule has 0 unspecified atom stereocenters. The van der Waals surface area contributed by atoms with Crippen molar-refractivity contribution in [2.24, 2.45) is 10.7 Å². The van der Waals surface area contributed by atoms with Gasteiger partial charge in [0, 0.05) is 30.6 Å². The van der Waals surface area contributed by atoms with Crippen LogP contribution in [-0.2, 0) is 17.9 Å². The van der Waals surface area contributed by atoms with Crippen LogP contribution in [0.2, 0.25) is 0 Å². The normalized spacial score (nSPS) is 10.8. The fourth-order valence-corrected chi connectivity index (χ4v) is 2.69. The molecule has 0 saturated carbocycles. The molecular formula is C23H27IN4O3. The van der Waals surface area contributed by atoms with Crippen molar-refractivity contribution in [3.63, 3.8) is 0 Å². The van der Waals surface area contributed by atoms with Crippen LogP contribution < -0.4 is 20.5 Å². The van der Waals surface area contributed by atoms with Crippen molar-refractivity contribution in [3.05, 3.63) is 84.1 Å². The summed E-state index contributed by atoms with van der Waals surface area (Å²) in [5.41, 5.74) is 8.83. The number of nitrogens with two attached hydrogens (primary N) is 1. The Morgan fingerprint density at radius 3 is 2.45 bits per heavy atom. The number of hydrogen-bond donors (Lipinski definition) is 2. The summed E-state index contributed by atoms with van der Waals surface area (Å²) in [7, 11) is 1.66. The first-order valence-electron chi connectivity index (χ1n) is 9.64. The predicted molar refractivity (Wildman–Crippen MR) is 133 cm³/mol. The van der Waals surface area contributed by atoms with Crippen molar-refractivity contribution in [1.82, 2.24) is 4.98 Å². The average Bonchev–Trinajstić information content (AvgIpc) is 2.78. The number of benzene rings is 2. The highest BCUT2D eigenvalue weighted by atomic mass is 127. The molecule has 1 heterocycles. The van der Waals surface area contributed by atoms with Gasteiger partial charge in [0.1, 0.15) is 19.0 Å². The number of methoxy groups -OCH3 is 1. The molecule has 0 amide bonds. The highest BCUT2D eigenvalue weighted by molar-refractivity contribution is 14.0. The second-order valence-electron chi connectivity index (χ2n) is 6.43. The summed E-state index contributed by atoms with van der Waals surface area (Å²) in [6.07, 6.45) is 1.73. The van der Waals surface area contributed by atoms with Crippen LogP contribution in [0.5, 0.6) is 11.6 Å². The monoisotopic (exact) mass is 534 g/mol. The minimum Gasteiger partial charge on any atom is -0.490 e. The smallest absolute Gasteiger partial charge is 0.213 e. The zero-order valence-corrected chi connectivity index (χ0v) is 19.7. The maximum atomic E-state index is 6.02. The number of halogens is 1. The van der Waals surface area contributed by atoms with Gasteiger partial charge in [-0.3, -0.25) is 0 Å². The molecule has 3 rings (SSSR count). The van der Waals surface area contributed by atoms with Crippen molar-refractivity contribution in [2.75, 3.05) is 25.6 Å². The molecule has 0 spiro atoms. The van der Waals surface area contributed by atoms with Gasteiger partial charge in [-0.25, -0.2) is 9.98 Å². The van der Waals surface area contributed by atoms with E-state index in [9.17, 15) is 0 Å². The van der Waals surface area contributed by atoms with Gasteiger partial charge in [0.15, 0.2) is 5.96 Å². The molecular weight excluding hydrogens is 507 g/mol. The first kappa shape index (κ1) is 24.4. The van der Waals surface area contributed by atoms with Crippen LogP contribution in [-0.4, -0.2) is 31.3 Å². The van der Waals surface area contributed by atoms with E-state index in [2.05, 4.69) is 15.3 Å². The number of rotatable bonds is 10. The lowest BCUT2D eigenvalue weighted by Crippen LogP contribution is -2.23. The standard InChI is InChI=1S/C23H26N4O3.HI/c1-28-17-19-7-5-6-10-21(19)27-23(24)26-16-18-11-12-22(25-15-18)30-14-13-29-20-8-3-2-4-9-20;/h2-12,15H,13-14,16-17H2,1H3,(H3,24,26,27);1H. The fourth-order valence-electron chi connectivity index (χ4n) is 2.69. The van der Waals surface area contributed by atoms with E-state index in [1.54, 1.807) is 13.3 Å². The van der Waals surface area contributed by atoms with E-state index < -0.39 is 0 Å². The second kappa shape index (κ2) is 13.5. The van der Waals surface area contributed by atoms with Crippen molar-refractivity contribution >= 4 is 35.6 Å². The molecule has 1 aromatic heterocycles. The van der Waals surface area contributed by atoms with Gasteiger partial charge in [0.25, 0.3) is 0 Å². The van der Waals surface area contributed by atoms with Gasteiger partial charge in [0.2, 0.25) is 5.88 Å². The minimum absolute atomic E-state index is 0. The van der Waals surface area contributed by atoms with Crippen LogP contribution in [0.4, 0.5) is 5.69 Å². The second-order valence-corrected chi connectivity index (χ2v) is 6.43. The van der Waals surface area contributed by atoms with Crippen molar-refractivity contribution < 1.29 is 14.2 Å². The molecule has 0 aliphatic rings. The molecule has 0 bridgehead atoms. The molecule has 0 fully saturated rings. The maximum absolute atomic E-state index is 6.02. The summed E-state index contributed by atoms with van der Waals surface area (Å²) in [5, 5.41) is 3.11. The molecule has 7 nitrogen and oxygen atoms in total. The first-order valence-corrected chi connectivity index (χ1v) is 9.64. The SMILES string of the molecule is COCc1ccccc1NC(N)=NCc1ccc(OCCOc2ccccc2)nc1.I. The van der Waals surface area contributed by atoms with E-state index in [1.807, 2.05) is 66.7 Å². The van der Waals surface area contributed by atoms with Crippen LogP contribution in [0.15, 0.2) is 77.9 Å². The lowest BCUT2D eigenvalue weighted by atomic mass is 10.2. The van der Waals surface area contributed by atoms with Gasteiger partial charge in [0.05, 0.1) is 13.2 Å². The Morgan fingerprint density at radius 2 is 1.71 bits per heavy atom. The predicted octanol–water partition coefficient (Wildman–Crippen LogP) is 4.23. The largest absolute Gasteiger partial charge is 0.490 e. The van der Waals surface area contributed by atoms with Gasteiger partial charge in [-0.15, -0.1) is 24.0 Å². The highest BCUT2D eigenvalue weighted by Gasteiger charge is 2.03. The fraction of sp³-hybridized carbons (Fsp3) is 0.217. The molecule has 164 valence electrons. The van der Waals surface area contributed by atoms with Crippen LogP contribution in [0, 0.1) is 0 Å². The lowest BCUT2D eigenvalue weighted by Gasteiger charge is -2.11. The molecule has 8 heteroatoms. The Balaban J connectivity index is 0.00000341. The van der Waals surface area contributed by atoms with E-state index >= 15 is 0 Å². The number of nitrogens with one attached hydrogen (secondary N) is 1. The molecule has 0 aliphatic heterocycles. The first-order chi connectivity index (χ1) is 14.7. The minimum atomic E-state index is 0. The van der Waals surface area contributed by atoms with Gasteiger partial charge >= 0.3 is 0 Å². The number of guanidine groups is 1. The Labute approximate surface area is 199 Å². The molecule has 3 N–H and O–H groups in total. The number of anilines is 1. The highest BCUT2D eigenvalue weighted by Crippen LogP contribution is 2.16. The number of aliphatic imine (C=N–C) groups is 1. The third-order valence-electron chi connectivity index (χ3n) is 4.15. The van der Waals surface area contributed by atoms with E-state index in [0.717, 1.165) is 22.6 Å². The average molecular weight is 534 g/mol. The maximum Gasteiger partial charge on any atom is 0.213 e. The molecule has 0 aliphatic carbocycles. The summed E-state index contributed by atoms with van der Waals surface area (Å²) in [4.78, 5) is 8.67. The Bertz CT molecular complexity index is 937. The van der Waals surface area contributed by atoms with Gasteiger partial charge in [-0.1, -0.05) is 42.5 Å². The number of para-hydroxylation sites is 2. The van der Waals surface area contributed by atoms with Gasteiger partial charge in [-0.05, 0) is 23.8 Å². The third kappa shape index (κ3) is 8.42. The van der Waals surface area contributed by atoms with Crippen LogP contribution in [0.3, 0.4) is 0 Å². The number of ether oxygens (including phenoxy) is 3. The quantitative estimate of drug-likeness (QED) is 0.175. The van der Waals surface area contributed by atoms with E-state index in [4.69, 9.17) is 19.9 Å². The molecule has 31 heavy (non-hydrogen) atoms. The van der Waals surface area contributed by atoms with E-state index in [-0.39, 0.29) is 24.0 Å². The number of nitrogens with zero attached hydrogens (tertiary/aromatic N) is 2. The number of pyridine rings is 1. The summed E-state index contributed by atoms with van der Waals surface area (Å²) >= 11 is 0. The summed E-state index contributed by atoms with van der Waals surface area (Å²) < 4.78 is 16.4. The van der Waals surface area contributed by atoms with Crippen LogP contribution >= 0.6 is 24.0 Å². The lowest BCUT2D eigenvalue weighted by molar-refractivity contribution is 0.185. The Hall–Kier alpha value is -2.85. The third-order valence-corrected chi connectivity index (χ3v) is 4.15. The van der Waals surface area contributed by atoms with Gasteiger partial charge in [-0.2, -0.15) is 0 Å². The zero-order chi connectivity index (χ0) is 21.0. The summed E-state index contributed by atoms with van der Waals surface area (Å²) in [6, 6.07) is 21.1. The van der Waals surface area contributed by atoms with Crippen LogP contribution in [0.25, 0.3) is 0 Å². The van der Waals surface area contributed by atoms with Crippen molar-refractivity contribution in [3.8, 4) is 11.6 Å². The van der Waals surface area contributed by atoms with Crippen molar-refractivity contribution in [1.29, 1.82) is 0 Å². The molecule has 0 atom stereocenters. The van der Waals surface area contributed by atoms with Crippen LogP contribution in [0.1, 0.15) is 11.1 Å². The molecule has 0 saturated heterocycles. The number of hydrogen-bond acceptors (Lipinski definition) is 5. The molecule has 2 aromatic carbocycles.